The van der Waals surface area contributed by atoms with Crippen LogP contribution in [0.5, 0.6) is 0 Å². The predicted molar refractivity (Wildman–Crippen MR) is 125 cm³/mol. The van der Waals surface area contributed by atoms with Crippen LogP contribution in [0.25, 0.3) is 0 Å². The maximum absolute atomic E-state index is 13.9. The van der Waals surface area contributed by atoms with Crippen molar-refractivity contribution in [3.05, 3.63) is 53.4 Å². The number of halogens is 6. The number of alkyl carbamates (subject to hydrolysis) is 1. The van der Waals surface area contributed by atoms with E-state index >= 15 is 0 Å². The average molecular weight is 566 g/mol. The van der Waals surface area contributed by atoms with Crippen molar-refractivity contribution in [2.45, 2.75) is 70.9 Å². The monoisotopic (exact) mass is 566 g/mol. The van der Waals surface area contributed by atoms with Crippen LogP contribution >= 0.6 is 0 Å². The first-order valence-electron chi connectivity index (χ1n) is 11.6. The van der Waals surface area contributed by atoms with Crippen LogP contribution in [-0.4, -0.2) is 55.7 Å². The first-order chi connectivity index (χ1) is 17.9. The molecule has 1 atom stereocenters. The van der Waals surface area contributed by atoms with Gasteiger partial charge in [0.1, 0.15) is 11.4 Å². The summed E-state index contributed by atoms with van der Waals surface area (Å²) in [6.07, 6.45) is -5.54. The van der Waals surface area contributed by atoms with Crippen LogP contribution in [0.2, 0.25) is 0 Å². The number of alkyl halides is 3. The van der Waals surface area contributed by atoms with E-state index in [4.69, 9.17) is 4.74 Å². The summed E-state index contributed by atoms with van der Waals surface area (Å²) < 4.78 is 85.9. The van der Waals surface area contributed by atoms with Crippen molar-refractivity contribution in [2.24, 2.45) is 0 Å². The molecule has 0 fully saturated rings. The highest BCUT2D eigenvalue weighted by molar-refractivity contribution is 5.87. The zero-order chi connectivity index (χ0) is 29.7. The molecule has 2 N–H and O–H groups in total. The Labute approximate surface area is 219 Å². The molecule has 0 aromatic carbocycles. The topological polar surface area (TPSA) is 114 Å². The number of carbonyl (C=O) groups is 3. The Balaban J connectivity index is 2.21. The Morgan fingerprint density at radius 2 is 1.79 bits per heavy atom. The van der Waals surface area contributed by atoms with E-state index in [1.54, 1.807) is 20.8 Å². The molecule has 2 rings (SSSR count). The summed E-state index contributed by atoms with van der Waals surface area (Å²) in [5.41, 5.74) is -2.05. The third kappa shape index (κ3) is 9.18. The number of nitrogens with one attached hydrogen (secondary N) is 1. The first kappa shape index (κ1) is 31.4. The van der Waals surface area contributed by atoms with Gasteiger partial charge in [0.05, 0.1) is 12.2 Å². The number of nitrogens with zero attached hydrogens (tertiary/aromatic N) is 3. The Bertz CT molecular complexity index is 1180. The molecule has 39 heavy (non-hydrogen) atoms. The summed E-state index contributed by atoms with van der Waals surface area (Å²) in [6, 6.07) is -0.990. The zero-order valence-electron chi connectivity index (χ0n) is 21.4. The van der Waals surface area contributed by atoms with Gasteiger partial charge in [-0.05, 0) is 39.7 Å². The fraction of sp³-hybridized carbons (Fsp3) is 0.500. The number of carbonyl (C=O) groups excluding carboxylic acids is 2. The lowest BCUT2D eigenvalue weighted by Gasteiger charge is -2.31. The lowest BCUT2D eigenvalue weighted by atomic mass is 10.1. The van der Waals surface area contributed by atoms with Gasteiger partial charge in [-0.15, -0.1) is 0 Å². The van der Waals surface area contributed by atoms with Gasteiger partial charge in [0.25, 0.3) is 0 Å². The molecule has 0 saturated carbocycles. The van der Waals surface area contributed by atoms with Gasteiger partial charge in [0.15, 0.2) is 17.3 Å². The molecule has 0 saturated heterocycles. The summed E-state index contributed by atoms with van der Waals surface area (Å²) in [4.78, 5) is 41.1. The quantitative estimate of drug-likeness (QED) is 0.314. The van der Waals surface area contributed by atoms with Crippen molar-refractivity contribution < 1.29 is 50.6 Å². The SMILES string of the molecule is C=C(F)/C=C(F)\C(F)=C/CC[C@H](CC(=O)N1CCn2c(C(F)(F)F)nc(C(=O)O)c2C1)NC(=O)OC(C)(C)C. The highest BCUT2D eigenvalue weighted by Crippen LogP contribution is 2.32. The molecule has 0 unspecified atom stereocenters. The lowest BCUT2D eigenvalue weighted by molar-refractivity contribution is -0.148. The second kappa shape index (κ2) is 12.4. The highest BCUT2D eigenvalue weighted by atomic mass is 19.4. The molecule has 1 aliphatic rings. The van der Waals surface area contributed by atoms with Crippen molar-refractivity contribution in [2.75, 3.05) is 6.54 Å². The minimum absolute atomic E-state index is 0.105. The van der Waals surface area contributed by atoms with Gasteiger partial charge >= 0.3 is 18.2 Å². The molecule has 216 valence electrons. The number of hydrogen-bond acceptors (Lipinski definition) is 5. The second-order valence-corrected chi connectivity index (χ2v) is 9.62. The van der Waals surface area contributed by atoms with Crippen LogP contribution in [0.3, 0.4) is 0 Å². The third-order valence-electron chi connectivity index (χ3n) is 5.31. The van der Waals surface area contributed by atoms with Gasteiger partial charge in [-0.25, -0.2) is 27.7 Å². The standard InChI is InChI=1S/C24H28F6N4O5/c1-13(25)10-16(27)15(26)7-5-6-14(31-22(38)39-23(2,3)4)11-18(35)33-8-9-34-17(12-33)19(20(36)37)32-21(34)24(28,29)30/h7,10,14H,1,5-6,8-9,11-12H2,2-4H3,(H,31,38)(H,36,37)/b15-7+,16-10+/t14-/m1/s1. The average Bonchev–Trinajstić information content (AvgIpc) is 3.16. The molecule has 9 nitrogen and oxygen atoms in total. The molecular weight excluding hydrogens is 538 g/mol. The van der Waals surface area contributed by atoms with Crippen LogP contribution in [0.15, 0.2) is 36.2 Å². The number of rotatable bonds is 9. The number of allylic oxidation sites excluding steroid dienone is 5. The summed E-state index contributed by atoms with van der Waals surface area (Å²) in [6.45, 7) is 6.49. The molecule has 0 radical (unpaired) electrons. The summed E-state index contributed by atoms with van der Waals surface area (Å²) >= 11 is 0. The molecule has 2 amide bonds. The molecular formula is C24H28F6N4O5. The van der Waals surface area contributed by atoms with Crippen LogP contribution in [0.1, 0.15) is 62.0 Å². The van der Waals surface area contributed by atoms with Gasteiger partial charge in [-0.2, -0.15) is 13.2 Å². The van der Waals surface area contributed by atoms with Crippen molar-refractivity contribution >= 4 is 18.0 Å². The van der Waals surface area contributed by atoms with E-state index in [9.17, 15) is 45.8 Å². The van der Waals surface area contributed by atoms with Crippen molar-refractivity contribution in [3.8, 4) is 0 Å². The maximum Gasteiger partial charge on any atom is 0.449 e. The molecule has 0 bridgehead atoms. The third-order valence-corrected chi connectivity index (χ3v) is 5.31. The summed E-state index contributed by atoms with van der Waals surface area (Å²) in [5, 5.41) is 11.8. The van der Waals surface area contributed by atoms with Crippen molar-refractivity contribution in [1.82, 2.24) is 19.8 Å². The van der Waals surface area contributed by atoms with Crippen molar-refractivity contribution in [1.29, 1.82) is 0 Å². The predicted octanol–water partition coefficient (Wildman–Crippen LogP) is 5.20. The minimum Gasteiger partial charge on any atom is -0.476 e. The Morgan fingerprint density at radius 3 is 2.33 bits per heavy atom. The Kier molecular flexibility index (Phi) is 9.98. The second-order valence-electron chi connectivity index (χ2n) is 9.62. The molecule has 15 heteroatoms. The Hall–Kier alpha value is -3.78. The van der Waals surface area contributed by atoms with Gasteiger partial charge < -0.3 is 24.6 Å². The molecule has 1 aliphatic heterocycles. The van der Waals surface area contributed by atoms with Crippen LogP contribution in [0, 0.1) is 0 Å². The number of aromatic carboxylic acids is 1. The van der Waals surface area contributed by atoms with E-state index in [0.717, 1.165) is 11.0 Å². The maximum atomic E-state index is 13.9. The number of amides is 2. The van der Waals surface area contributed by atoms with Crippen LogP contribution in [-0.2, 0) is 28.8 Å². The smallest absolute Gasteiger partial charge is 0.449 e. The fourth-order valence-corrected chi connectivity index (χ4v) is 3.72. The number of carboxylic acids is 1. The summed E-state index contributed by atoms with van der Waals surface area (Å²) in [5.74, 6) is -7.84. The van der Waals surface area contributed by atoms with E-state index in [0.29, 0.717) is 4.57 Å². The number of aromatic nitrogens is 2. The number of hydrogen-bond donors (Lipinski definition) is 2. The van der Waals surface area contributed by atoms with E-state index in [2.05, 4.69) is 16.9 Å². The molecule has 2 heterocycles. The van der Waals surface area contributed by atoms with Gasteiger partial charge in [-0.1, -0.05) is 6.58 Å². The van der Waals surface area contributed by atoms with Crippen LogP contribution in [0.4, 0.5) is 31.1 Å². The molecule has 1 aromatic rings. The number of ether oxygens (including phenoxy) is 1. The zero-order valence-corrected chi connectivity index (χ0v) is 21.4. The normalized spacial score (nSPS) is 15.5. The lowest BCUT2D eigenvalue weighted by Crippen LogP contribution is -2.45. The highest BCUT2D eigenvalue weighted by Gasteiger charge is 2.41. The Morgan fingerprint density at radius 1 is 1.15 bits per heavy atom. The van der Waals surface area contributed by atoms with E-state index < -0.39 is 77.8 Å². The van der Waals surface area contributed by atoms with Gasteiger partial charge in [0, 0.05) is 31.6 Å². The molecule has 0 aliphatic carbocycles. The first-order valence-corrected chi connectivity index (χ1v) is 11.6. The number of fused-ring (bicyclic) bond motifs is 1. The molecule has 1 aromatic heterocycles. The number of carboxylic acid groups (broad SMARTS) is 1. The molecule has 0 spiro atoms. The van der Waals surface area contributed by atoms with E-state index in [1.807, 2.05) is 0 Å². The number of imidazole rings is 1. The van der Waals surface area contributed by atoms with Gasteiger partial charge in [0.2, 0.25) is 11.7 Å². The fourth-order valence-electron chi connectivity index (χ4n) is 3.72. The van der Waals surface area contributed by atoms with Crippen molar-refractivity contribution in [3.63, 3.8) is 0 Å². The summed E-state index contributed by atoms with van der Waals surface area (Å²) in [7, 11) is 0. The largest absolute Gasteiger partial charge is 0.476 e. The van der Waals surface area contributed by atoms with E-state index in [1.165, 1.54) is 0 Å². The van der Waals surface area contributed by atoms with Gasteiger partial charge in [-0.3, -0.25) is 4.79 Å². The van der Waals surface area contributed by atoms with E-state index in [-0.39, 0.29) is 37.7 Å². The van der Waals surface area contributed by atoms with Crippen LogP contribution < -0.4 is 5.32 Å². The minimum atomic E-state index is -4.91.